The third-order valence-corrected chi connectivity index (χ3v) is 2.04. The maximum absolute atomic E-state index is 11.3. The van der Waals surface area contributed by atoms with Gasteiger partial charge in [-0.05, 0) is 13.8 Å². The molecule has 13 heavy (non-hydrogen) atoms. The van der Waals surface area contributed by atoms with E-state index in [9.17, 15) is 9.90 Å². The molecule has 0 amide bonds. The molecule has 0 atom stereocenters. The second-order valence-corrected chi connectivity index (χ2v) is 3.67. The molecule has 0 saturated carbocycles. The van der Waals surface area contributed by atoms with Gasteiger partial charge in [0, 0.05) is 19.8 Å². The number of nitrogens with one attached hydrogen (secondary N) is 1. The standard InChI is InChI=1S/C10H15NO2/c1-6(2)11-7(3)10-8(12)4-5-9(10)13/h6,12H,4-5H2,1-3H3/p+1. The highest BCUT2D eigenvalue weighted by molar-refractivity contribution is 6.21. The monoisotopic (exact) mass is 182 g/mol. The predicted molar refractivity (Wildman–Crippen MR) is 50.7 cm³/mol. The van der Waals surface area contributed by atoms with Gasteiger partial charge in [-0.2, -0.15) is 0 Å². The summed E-state index contributed by atoms with van der Waals surface area (Å²) in [6, 6.07) is 0.286. The zero-order valence-electron chi connectivity index (χ0n) is 8.35. The zero-order chi connectivity index (χ0) is 10.0. The molecule has 0 aromatic carbocycles. The number of carbonyl (C=O) groups is 1. The topological polar surface area (TPSA) is 51.3 Å². The summed E-state index contributed by atoms with van der Waals surface area (Å²) >= 11 is 0. The van der Waals surface area contributed by atoms with Gasteiger partial charge in [-0.1, -0.05) is 0 Å². The molecule has 0 aliphatic heterocycles. The van der Waals surface area contributed by atoms with Gasteiger partial charge in [-0.3, -0.25) is 4.79 Å². The van der Waals surface area contributed by atoms with Gasteiger partial charge in [-0.15, -0.1) is 0 Å². The average Bonchev–Trinajstić information content (AvgIpc) is 2.29. The first-order valence-corrected chi connectivity index (χ1v) is 4.58. The van der Waals surface area contributed by atoms with E-state index in [1.807, 2.05) is 20.8 Å². The van der Waals surface area contributed by atoms with Gasteiger partial charge in [0.25, 0.3) is 0 Å². The Balaban J connectivity index is 2.94. The van der Waals surface area contributed by atoms with Crippen molar-refractivity contribution in [2.45, 2.75) is 39.7 Å². The maximum atomic E-state index is 11.3. The lowest BCUT2D eigenvalue weighted by Gasteiger charge is -1.97. The molecule has 0 fully saturated rings. The summed E-state index contributed by atoms with van der Waals surface area (Å²) in [6.07, 6.45) is 0.934. The van der Waals surface area contributed by atoms with Crippen molar-refractivity contribution >= 4 is 11.5 Å². The van der Waals surface area contributed by atoms with Crippen LogP contribution in [0.5, 0.6) is 0 Å². The minimum absolute atomic E-state index is 0.0446. The van der Waals surface area contributed by atoms with E-state index in [4.69, 9.17) is 0 Å². The highest BCUT2D eigenvalue weighted by atomic mass is 16.3. The quantitative estimate of drug-likeness (QED) is 0.596. The number of hydrogen-bond donors (Lipinski definition) is 2. The fourth-order valence-electron chi connectivity index (χ4n) is 1.57. The Kier molecular flexibility index (Phi) is 2.86. The molecular weight excluding hydrogens is 166 g/mol. The molecule has 1 rings (SSSR count). The van der Waals surface area contributed by atoms with Crippen LogP contribution in [0.4, 0.5) is 0 Å². The van der Waals surface area contributed by atoms with Gasteiger partial charge in [-0.25, -0.2) is 4.99 Å². The highest BCUT2D eigenvalue weighted by Crippen LogP contribution is 2.20. The maximum Gasteiger partial charge on any atom is 0.185 e. The third kappa shape index (κ3) is 2.17. The smallest absolute Gasteiger partial charge is 0.185 e. The summed E-state index contributed by atoms with van der Waals surface area (Å²) in [4.78, 5) is 14.5. The van der Waals surface area contributed by atoms with Gasteiger partial charge in [0.1, 0.15) is 17.4 Å². The molecule has 0 radical (unpaired) electrons. The number of aliphatic hydroxyl groups excluding tert-OH is 1. The van der Waals surface area contributed by atoms with Crippen molar-refractivity contribution in [1.82, 2.24) is 0 Å². The molecule has 0 aromatic rings. The summed E-state index contributed by atoms with van der Waals surface area (Å²) in [5, 5.41) is 9.44. The molecule has 0 saturated heterocycles. The Morgan fingerprint density at radius 1 is 1.46 bits per heavy atom. The van der Waals surface area contributed by atoms with E-state index in [1.165, 1.54) is 0 Å². The second kappa shape index (κ2) is 3.73. The predicted octanol–water partition coefficient (Wildman–Crippen LogP) is 0.111. The lowest BCUT2D eigenvalue weighted by atomic mass is 10.1. The van der Waals surface area contributed by atoms with Crippen LogP contribution >= 0.6 is 0 Å². The average molecular weight is 182 g/mol. The van der Waals surface area contributed by atoms with Gasteiger partial charge < -0.3 is 5.11 Å². The summed E-state index contributed by atoms with van der Waals surface area (Å²) in [5.41, 5.74) is 1.28. The van der Waals surface area contributed by atoms with Crippen LogP contribution in [0.25, 0.3) is 0 Å². The first-order chi connectivity index (χ1) is 6.02. The molecule has 0 spiro atoms. The van der Waals surface area contributed by atoms with Crippen molar-refractivity contribution in [3.05, 3.63) is 11.3 Å². The number of rotatable bonds is 2. The van der Waals surface area contributed by atoms with Gasteiger partial charge in [0.15, 0.2) is 11.5 Å². The van der Waals surface area contributed by atoms with Crippen LogP contribution in [0, 0.1) is 0 Å². The van der Waals surface area contributed by atoms with Crippen LogP contribution in [0.1, 0.15) is 33.6 Å². The van der Waals surface area contributed by atoms with E-state index in [1.54, 1.807) is 0 Å². The Morgan fingerprint density at radius 2 is 2.08 bits per heavy atom. The molecule has 0 aromatic heterocycles. The molecular formula is C10H16NO2+. The minimum atomic E-state index is 0.0446. The van der Waals surface area contributed by atoms with E-state index in [-0.39, 0.29) is 17.6 Å². The first-order valence-electron chi connectivity index (χ1n) is 4.58. The summed E-state index contributed by atoms with van der Waals surface area (Å²) in [5.74, 6) is 0.277. The molecule has 0 unspecified atom stereocenters. The Morgan fingerprint density at radius 3 is 2.46 bits per heavy atom. The van der Waals surface area contributed by atoms with Gasteiger partial charge in [0.2, 0.25) is 0 Å². The summed E-state index contributed by atoms with van der Waals surface area (Å²) in [6.45, 7) is 5.83. The summed E-state index contributed by atoms with van der Waals surface area (Å²) < 4.78 is 0. The molecule has 3 heteroatoms. The number of hydrogen-bond acceptors (Lipinski definition) is 2. The van der Waals surface area contributed by atoms with Gasteiger partial charge in [0.05, 0.1) is 0 Å². The van der Waals surface area contributed by atoms with Crippen molar-refractivity contribution in [2.75, 3.05) is 0 Å². The van der Waals surface area contributed by atoms with Crippen LogP contribution < -0.4 is 4.99 Å². The Hall–Kier alpha value is -1.12. The van der Waals surface area contributed by atoms with Crippen molar-refractivity contribution < 1.29 is 14.9 Å². The summed E-state index contributed by atoms with van der Waals surface area (Å²) in [7, 11) is 0. The van der Waals surface area contributed by atoms with Crippen LogP contribution in [0.15, 0.2) is 11.3 Å². The van der Waals surface area contributed by atoms with Crippen LogP contribution in [0.3, 0.4) is 0 Å². The Labute approximate surface area is 78.2 Å². The normalized spacial score (nSPS) is 19.1. The van der Waals surface area contributed by atoms with Crippen LogP contribution in [0.2, 0.25) is 0 Å². The second-order valence-electron chi connectivity index (χ2n) is 3.67. The number of Topliss-reactive ketones (excluding diaryl/α,β-unsaturated/α-hetero) is 1. The fourth-order valence-corrected chi connectivity index (χ4v) is 1.57. The number of allylic oxidation sites excluding steroid dienone is 2. The molecule has 72 valence electrons. The van der Waals surface area contributed by atoms with E-state index in [0.717, 1.165) is 5.71 Å². The van der Waals surface area contributed by atoms with Crippen LogP contribution in [-0.2, 0) is 4.79 Å². The SMILES string of the molecule is CC(=[NH+]C(C)C)C1=C(O)CCC1=O. The molecule has 0 bridgehead atoms. The number of carbonyl (C=O) groups excluding carboxylic acids is 1. The number of aliphatic hydroxyl groups is 1. The fraction of sp³-hybridized carbons (Fsp3) is 0.600. The first kappa shape index (κ1) is 9.96. The minimum Gasteiger partial charge on any atom is -0.511 e. The van der Waals surface area contributed by atoms with Crippen LogP contribution in [-0.4, -0.2) is 22.6 Å². The van der Waals surface area contributed by atoms with E-state index >= 15 is 0 Å². The van der Waals surface area contributed by atoms with E-state index in [2.05, 4.69) is 4.99 Å². The molecule has 1 aliphatic rings. The largest absolute Gasteiger partial charge is 0.511 e. The van der Waals surface area contributed by atoms with Crippen molar-refractivity contribution in [3.63, 3.8) is 0 Å². The lowest BCUT2D eigenvalue weighted by molar-refractivity contribution is -0.493. The molecule has 0 heterocycles. The van der Waals surface area contributed by atoms with E-state index in [0.29, 0.717) is 18.4 Å². The van der Waals surface area contributed by atoms with Gasteiger partial charge >= 0.3 is 0 Å². The van der Waals surface area contributed by atoms with E-state index < -0.39 is 0 Å². The lowest BCUT2D eigenvalue weighted by Crippen LogP contribution is -2.77. The van der Waals surface area contributed by atoms with Crippen molar-refractivity contribution in [3.8, 4) is 0 Å². The molecule has 3 nitrogen and oxygen atoms in total. The third-order valence-electron chi connectivity index (χ3n) is 2.04. The van der Waals surface area contributed by atoms with Crippen molar-refractivity contribution in [2.24, 2.45) is 0 Å². The zero-order valence-corrected chi connectivity index (χ0v) is 8.35. The van der Waals surface area contributed by atoms with Crippen molar-refractivity contribution in [1.29, 1.82) is 0 Å². The number of ketones is 1. The Bertz CT molecular complexity index is 287. The highest BCUT2D eigenvalue weighted by Gasteiger charge is 2.27. The molecule has 1 aliphatic carbocycles. The molecule has 2 N–H and O–H groups in total.